The second kappa shape index (κ2) is 7.28. The minimum atomic E-state index is -0.478. The number of benzene rings is 1. The van der Waals surface area contributed by atoms with E-state index >= 15 is 0 Å². The molecule has 0 unspecified atom stereocenters. The summed E-state index contributed by atoms with van der Waals surface area (Å²) in [5, 5.41) is 2.82. The van der Waals surface area contributed by atoms with E-state index in [-0.39, 0.29) is 18.3 Å². The highest BCUT2D eigenvalue weighted by atomic mass is 35.5. The van der Waals surface area contributed by atoms with Crippen LogP contribution < -0.4 is 11.1 Å². The lowest BCUT2D eigenvalue weighted by Gasteiger charge is -2.12. The van der Waals surface area contributed by atoms with Gasteiger partial charge in [-0.05, 0) is 24.6 Å². The largest absolute Gasteiger partial charge is 0.325 e. The van der Waals surface area contributed by atoms with Gasteiger partial charge in [0.15, 0.2) is 0 Å². The van der Waals surface area contributed by atoms with Gasteiger partial charge in [-0.3, -0.25) is 4.79 Å². The molecule has 18 heavy (non-hydrogen) atoms. The lowest BCUT2D eigenvalue weighted by molar-refractivity contribution is -0.117. The molecule has 100 valence electrons. The van der Waals surface area contributed by atoms with E-state index in [2.05, 4.69) is 11.4 Å². The molecule has 6 heteroatoms. The highest BCUT2D eigenvalue weighted by Crippen LogP contribution is 2.45. The molecule has 3 N–H and O–H groups in total. The number of anilines is 1. The highest BCUT2D eigenvalue weighted by molar-refractivity contribution is 8.19. The Kier molecular flexibility index (Phi) is 6.35. The average molecular weight is 305 g/mol. The Morgan fingerprint density at radius 3 is 2.72 bits per heavy atom. The van der Waals surface area contributed by atoms with Crippen molar-refractivity contribution in [3.8, 4) is 0 Å². The molecule has 1 aromatic rings. The Morgan fingerprint density at radius 2 is 2.11 bits per heavy atom. The summed E-state index contributed by atoms with van der Waals surface area (Å²) in [5.74, 6) is 2.26. The van der Waals surface area contributed by atoms with Crippen LogP contribution in [0.25, 0.3) is 0 Å². The van der Waals surface area contributed by atoms with Gasteiger partial charge in [-0.1, -0.05) is 12.1 Å². The topological polar surface area (TPSA) is 55.1 Å². The van der Waals surface area contributed by atoms with Crippen molar-refractivity contribution in [2.24, 2.45) is 5.73 Å². The molecule has 1 saturated heterocycles. The predicted molar refractivity (Wildman–Crippen MR) is 83.6 cm³/mol. The maximum Gasteiger partial charge on any atom is 0.240 e. The molecule has 1 aliphatic heterocycles. The first-order chi connectivity index (χ1) is 8.16. The summed E-state index contributed by atoms with van der Waals surface area (Å²) in [4.78, 5) is 11.5. The monoisotopic (exact) mass is 304 g/mol. The van der Waals surface area contributed by atoms with Crippen LogP contribution in [0.5, 0.6) is 0 Å². The normalized spacial score (nSPS) is 17.0. The van der Waals surface area contributed by atoms with Gasteiger partial charge in [-0.15, -0.1) is 35.9 Å². The van der Waals surface area contributed by atoms with Gasteiger partial charge in [-0.25, -0.2) is 0 Å². The van der Waals surface area contributed by atoms with Gasteiger partial charge in [0.1, 0.15) is 0 Å². The summed E-state index contributed by atoms with van der Waals surface area (Å²) in [6.45, 7) is 1.68. The number of carbonyl (C=O) groups excluding carboxylic acids is 1. The highest BCUT2D eigenvalue weighted by Gasteiger charge is 2.18. The summed E-state index contributed by atoms with van der Waals surface area (Å²) in [5.41, 5.74) is 7.62. The van der Waals surface area contributed by atoms with Crippen LogP contribution in [-0.2, 0) is 4.79 Å². The molecule has 1 aliphatic rings. The number of rotatable bonds is 3. The zero-order chi connectivity index (χ0) is 12.3. The third-order valence-corrected chi connectivity index (χ3v) is 5.57. The number of amides is 1. The molecule has 1 heterocycles. The van der Waals surface area contributed by atoms with E-state index in [9.17, 15) is 4.79 Å². The molecule has 0 spiro atoms. The number of thioether (sulfide) groups is 2. The van der Waals surface area contributed by atoms with Crippen molar-refractivity contribution in [3.63, 3.8) is 0 Å². The van der Waals surface area contributed by atoms with Crippen molar-refractivity contribution in [3.05, 3.63) is 29.8 Å². The van der Waals surface area contributed by atoms with E-state index in [0.29, 0.717) is 4.58 Å². The summed E-state index contributed by atoms with van der Waals surface area (Å²) in [6, 6.07) is 7.54. The van der Waals surface area contributed by atoms with E-state index < -0.39 is 6.04 Å². The van der Waals surface area contributed by atoms with Gasteiger partial charge in [0.05, 0.1) is 10.6 Å². The minimum absolute atomic E-state index is 0. The molecule has 0 saturated carbocycles. The number of carbonyl (C=O) groups is 1. The Balaban J connectivity index is 0.00000162. The fraction of sp³-hybridized carbons (Fsp3) is 0.417. The Bertz CT molecular complexity index is 409. The molecule has 2 rings (SSSR count). The van der Waals surface area contributed by atoms with Gasteiger partial charge >= 0.3 is 0 Å². The third kappa shape index (κ3) is 4.09. The molecule has 1 fully saturated rings. The summed E-state index contributed by atoms with van der Waals surface area (Å²) in [6.07, 6.45) is 0. The molecule has 0 radical (unpaired) electrons. The zero-order valence-corrected chi connectivity index (χ0v) is 12.5. The molecule has 0 aliphatic carbocycles. The van der Waals surface area contributed by atoms with Crippen LogP contribution in [0.1, 0.15) is 17.1 Å². The van der Waals surface area contributed by atoms with Crippen LogP contribution in [0.15, 0.2) is 24.3 Å². The maximum atomic E-state index is 11.5. The van der Waals surface area contributed by atoms with Crippen LogP contribution in [-0.4, -0.2) is 23.5 Å². The first-order valence-corrected chi connectivity index (χ1v) is 7.66. The van der Waals surface area contributed by atoms with E-state index in [4.69, 9.17) is 5.73 Å². The fourth-order valence-electron chi connectivity index (χ4n) is 1.57. The summed E-state index contributed by atoms with van der Waals surface area (Å²) in [7, 11) is 0. The van der Waals surface area contributed by atoms with Crippen molar-refractivity contribution in [2.75, 3.05) is 16.8 Å². The lowest BCUT2D eigenvalue weighted by atomic mass is 10.2. The summed E-state index contributed by atoms with van der Waals surface area (Å²) < 4.78 is 0.502. The fourth-order valence-corrected chi connectivity index (χ4v) is 4.41. The Morgan fingerprint density at radius 1 is 1.44 bits per heavy atom. The summed E-state index contributed by atoms with van der Waals surface area (Å²) >= 11 is 3.91. The number of hydrogen-bond acceptors (Lipinski definition) is 4. The van der Waals surface area contributed by atoms with E-state index in [0.717, 1.165) is 5.69 Å². The number of hydrogen-bond donors (Lipinski definition) is 2. The minimum Gasteiger partial charge on any atom is -0.325 e. The smallest absolute Gasteiger partial charge is 0.240 e. The van der Waals surface area contributed by atoms with Crippen molar-refractivity contribution >= 4 is 47.5 Å². The van der Waals surface area contributed by atoms with Crippen molar-refractivity contribution in [1.29, 1.82) is 0 Å². The number of halogens is 1. The molecule has 1 amide bonds. The average Bonchev–Trinajstić information content (AvgIpc) is 2.82. The van der Waals surface area contributed by atoms with Crippen LogP contribution in [0.3, 0.4) is 0 Å². The van der Waals surface area contributed by atoms with Gasteiger partial charge in [0.2, 0.25) is 5.91 Å². The van der Waals surface area contributed by atoms with E-state index in [1.807, 2.05) is 41.7 Å². The first-order valence-electron chi connectivity index (χ1n) is 5.56. The van der Waals surface area contributed by atoms with Crippen LogP contribution in [0.4, 0.5) is 5.69 Å². The van der Waals surface area contributed by atoms with Crippen molar-refractivity contribution in [1.82, 2.24) is 0 Å². The SMILES string of the molecule is C[C@@H](N)C(=O)Nc1cccc(C2SCCS2)c1.Cl. The number of nitrogens with one attached hydrogen (secondary N) is 1. The molecular formula is C12H17ClN2OS2. The van der Waals surface area contributed by atoms with Crippen LogP contribution in [0, 0.1) is 0 Å². The molecule has 0 aromatic heterocycles. The molecule has 0 bridgehead atoms. The maximum absolute atomic E-state index is 11.5. The van der Waals surface area contributed by atoms with Crippen molar-refractivity contribution < 1.29 is 4.79 Å². The quantitative estimate of drug-likeness (QED) is 0.901. The van der Waals surface area contributed by atoms with Gasteiger partial charge in [-0.2, -0.15) is 0 Å². The Hall–Kier alpha value is -0.360. The Labute approximate surface area is 122 Å². The van der Waals surface area contributed by atoms with Crippen LogP contribution in [0.2, 0.25) is 0 Å². The van der Waals surface area contributed by atoms with Gasteiger partial charge < -0.3 is 11.1 Å². The second-order valence-electron chi connectivity index (χ2n) is 3.98. The van der Waals surface area contributed by atoms with E-state index in [1.54, 1.807) is 6.92 Å². The molecule has 3 nitrogen and oxygen atoms in total. The third-order valence-electron chi connectivity index (χ3n) is 2.46. The predicted octanol–water partition coefficient (Wildman–Crippen LogP) is 2.87. The van der Waals surface area contributed by atoms with E-state index in [1.165, 1.54) is 17.1 Å². The standard InChI is InChI=1S/C12H16N2OS2.ClH/c1-8(13)11(15)14-10-4-2-3-9(7-10)12-16-5-6-17-12;/h2-4,7-8,12H,5-6,13H2,1H3,(H,14,15);1H/t8-;/m1./s1. The molecule has 1 atom stereocenters. The van der Waals surface area contributed by atoms with Crippen LogP contribution >= 0.6 is 35.9 Å². The van der Waals surface area contributed by atoms with Crippen molar-refractivity contribution in [2.45, 2.75) is 17.5 Å². The molecule has 1 aromatic carbocycles. The lowest BCUT2D eigenvalue weighted by Crippen LogP contribution is -2.32. The zero-order valence-electron chi connectivity index (χ0n) is 10.1. The molecular weight excluding hydrogens is 288 g/mol. The second-order valence-corrected chi connectivity index (χ2v) is 6.70. The van der Waals surface area contributed by atoms with Gasteiger partial charge in [0, 0.05) is 17.2 Å². The number of nitrogens with two attached hydrogens (primary N) is 1. The van der Waals surface area contributed by atoms with Gasteiger partial charge in [0.25, 0.3) is 0 Å². The first kappa shape index (κ1) is 15.7.